The molecule has 0 radical (unpaired) electrons. The van der Waals surface area contributed by atoms with Gasteiger partial charge in [0.1, 0.15) is 0 Å². The van der Waals surface area contributed by atoms with E-state index >= 15 is 0 Å². The van der Waals surface area contributed by atoms with Gasteiger partial charge in [-0.05, 0) is 17.7 Å². The second-order valence-corrected chi connectivity index (χ2v) is 5.12. The molecule has 0 atom stereocenters. The van der Waals surface area contributed by atoms with Crippen molar-refractivity contribution in [2.75, 3.05) is 20.2 Å². The van der Waals surface area contributed by atoms with E-state index in [0.717, 1.165) is 5.56 Å². The summed E-state index contributed by atoms with van der Waals surface area (Å²) >= 11 is 0. The summed E-state index contributed by atoms with van der Waals surface area (Å²) in [6.45, 7) is 1.82. The van der Waals surface area contributed by atoms with Crippen molar-refractivity contribution in [3.63, 3.8) is 0 Å². The Labute approximate surface area is 117 Å². The number of esters is 1. The van der Waals surface area contributed by atoms with Gasteiger partial charge < -0.3 is 4.74 Å². The fraction of sp³-hybridized carbons (Fsp3) is 0.467. The summed E-state index contributed by atoms with van der Waals surface area (Å²) in [6.07, 6.45) is 0.920. The molecule has 1 aliphatic heterocycles. The molecule has 0 unspecified atom stereocenters. The predicted molar refractivity (Wildman–Crippen MR) is 72.2 cm³/mol. The number of rotatable bonds is 4. The first-order valence-electron chi connectivity index (χ1n) is 6.61. The molecule has 0 amide bonds. The van der Waals surface area contributed by atoms with Crippen LogP contribution in [0.4, 0.5) is 4.39 Å². The van der Waals surface area contributed by atoms with Gasteiger partial charge in [0.05, 0.1) is 12.7 Å². The average Bonchev–Trinajstić information content (AvgIpc) is 2.50. The van der Waals surface area contributed by atoms with Crippen LogP contribution in [0.5, 0.6) is 0 Å². The molecule has 1 aromatic rings. The number of hydrogen-bond donors (Lipinski definition) is 0. The van der Waals surface area contributed by atoms with Crippen LogP contribution in [0.15, 0.2) is 24.3 Å². The zero-order chi connectivity index (χ0) is 14.6. The lowest BCUT2D eigenvalue weighted by atomic mass is 9.95. The molecule has 0 aromatic heterocycles. The number of carbonyl (C=O) groups is 2. The number of nitrogens with zero attached hydrogens (tertiary/aromatic N) is 1. The van der Waals surface area contributed by atoms with E-state index in [2.05, 4.69) is 9.64 Å². The molecule has 4 nitrogen and oxygen atoms in total. The Hall–Kier alpha value is -1.75. The van der Waals surface area contributed by atoms with Gasteiger partial charge in [0, 0.05) is 32.5 Å². The lowest BCUT2D eigenvalue weighted by Crippen LogP contribution is -2.42. The summed E-state index contributed by atoms with van der Waals surface area (Å²) in [4.78, 5) is 24.1. The van der Waals surface area contributed by atoms with Crippen LogP contribution >= 0.6 is 0 Å². The van der Waals surface area contributed by atoms with Crippen LogP contribution < -0.4 is 0 Å². The highest BCUT2D eigenvalue weighted by Gasteiger charge is 2.33. The number of likely N-dealkylation sites (tertiary alicyclic amines) is 1. The molecule has 2 rings (SSSR count). The maximum absolute atomic E-state index is 13.7. The third kappa shape index (κ3) is 3.42. The van der Waals surface area contributed by atoms with Crippen LogP contribution in [-0.2, 0) is 16.1 Å². The molecular weight excluding hydrogens is 261 g/mol. The number of halogens is 1. The zero-order valence-corrected chi connectivity index (χ0v) is 11.5. The monoisotopic (exact) mass is 279 g/mol. The van der Waals surface area contributed by atoms with Crippen molar-refractivity contribution in [1.29, 1.82) is 0 Å². The van der Waals surface area contributed by atoms with Crippen molar-refractivity contribution < 1.29 is 18.7 Å². The Kier molecular flexibility index (Phi) is 4.49. The molecule has 0 saturated carbocycles. The van der Waals surface area contributed by atoms with Gasteiger partial charge >= 0.3 is 5.97 Å². The molecule has 108 valence electrons. The zero-order valence-electron chi connectivity index (χ0n) is 11.5. The molecule has 20 heavy (non-hydrogen) atoms. The topological polar surface area (TPSA) is 46.6 Å². The number of alkyl halides is 1. The second-order valence-electron chi connectivity index (χ2n) is 5.12. The summed E-state index contributed by atoms with van der Waals surface area (Å²) in [6, 6.07) is 7.17. The van der Waals surface area contributed by atoms with Crippen LogP contribution in [0, 0.1) is 0 Å². The van der Waals surface area contributed by atoms with Crippen LogP contribution in [-0.4, -0.2) is 43.0 Å². The molecule has 1 fully saturated rings. The number of benzene rings is 1. The van der Waals surface area contributed by atoms with Crippen LogP contribution in [0.2, 0.25) is 0 Å². The Morgan fingerprint density at radius 3 is 2.45 bits per heavy atom. The van der Waals surface area contributed by atoms with E-state index in [1.54, 1.807) is 12.1 Å². The quantitative estimate of drug-likeness (QED) is 0.624. The Balaban J connectivity index is 1.91. The maximum Gasteiger partial charge on any atom is 0.337 e. The number of hydrogen-bond acceptors (Lipinski definition) is 4. The second kappa shape index (κ2) is 6.13. The van der Waals surface area contributed by atoms with Crippen LogP contribution in [0.1, 0.15) is 28.8 Å². The largest absolute Gasteiger partial charge is 0.465 e. The molecule has 0 N–H and O–H groups in total. The third-order valence-electron chi connectivity index (χ3n) is 3.68. The minimum Gasteiger partial charge on any atom is -0.465 e. The molecule has 5 heteroatoms. The first kappa shape index (κ1) is 14.7. The van der Waals surface area contributed by atoms with E-state index in [-0.39, 0.29) is 18.8 Å². The molecule has 1 aliphatic rings. The highest BCUT2D eigenvalue weighted by Crippen LogP contribution is 2.25. The molecule has 0 bridgehead atoms. The average molecular weight is 279 g/mol. The van der Waals surface area contributed by atoms with Gasteiger partial charge in [-0.25, -0.2) is 9.18 Å². The van der Waals surface area contributed by atoms with E-state index < -0.39 is 5.67 Å². The number of piperidine rings is 1. The summed E-state index contributed by atoms with van der Waals surface area (Å²) in [5.74, 6) is -0.359. The summed E-state index contributed by atoms with van der Waals surface area (Å²) in [5, 5.41) is 0. The highest BCUT2D eigenvalue weighted by atomic mass is 19.1. The Bertz CT molecular complexity index is 478. The van der Waals surface area contributed by atoms with Gasteiger partial charge in [-0.15, -0.1) is 0 Å². The lowest BCUT2D eigenvalue weighted by Gasteiger charge is -2.33. The van der Waals surface area contributed by atoms with Gasteiger partial charge in [-0.1, -0.05) is 12.1 Å². The van der Waals surface area contributed by atoms with Gasteiger partial charge in [-0.3, -0.25) is 9.69 Å². The van der Waals surface area contributed by atoms with Gasteiger partial charge in [-0.2, -0.15) is 0 Å². The summed E-state index contributed by atoms with van der Waals surface area (Å²) in [7, 11) is 1.35. The standard InChI is InChI=1S/C15H18FNO3/c1-20-14(19)13-4-2-12(3-5-13)10-17-8-6-15(16,11-18)7-9-17/h2-5,11H,6-10H2,1H3. The first-order chi connectivity index (χ1) is 9.56. The predicted octanol–water partition coefficient (Wildman–Crippen LogP) is 1.98. The highest BCUT2D eigenvalue weighted by molar-refractivity contribution is 5.89. The Morgan fingerprint density at radius 1 is 1.35 bits per heavy atom. The van der Waals surface area contributed by atoms with Crippen molar-refractivity contribution in [2.24, 2.45) is 0 Å². The van der Waals surface area contributed by atoms with Crippen molar-refractivity contribution in [3.8, 4) is 0 Å². The van der Waals surface area contributed by atoms with Gasteiger partial charge in [0.15, 0.2) is 12.0 Å². The van der Waals surface area contributed by atoms with Gasteiger partial charge in [0.25, 0.3) is 0 Å². The van der Waals surface area contributed by atoms with Crippen molar-refractivity contribution >= 4 is 12.3 Å². The number of aldehydes is 1. The van der Waals surface area contributed by atoms with Crippen LogP contribution in [0.25, 0.3) is 0 Å². The van der Waals surface area contributed by atoms with Crippen molar-refractivity contribution in [3.05, 3.63) is 35.4 Å². The van der Waals surface area contributed by atoms with Crippen LogP contribution in [0.3, 0.4) is 0 Å². The van der Waals surface area contributed by atoms with E-state index in [0.29, 0.717) is 31.5 Å². The smallest absolute Gasteiger partial charge is 0.337 e. The normalized spacial score (nSPS) is 18.5. The van der Waals surface area contributed by atoms with E-state index in [1.165, 1.54) is 7.11 Å². The molecule has 1 aromatic carbocycles. The summed E-state index contributed by atoms with van der Waals surface area (Å²) in [5.41, 5.74) is -0.0839. The molecule has 1 heterocycles. The van der Waals surface area contributed by atoms with Crippen molar-refractivity contribution in [2.45, 2.75) is 25.1 Å². The Morgan fingerprint density at radius 2 is 1.95 bits per heavy atom. The maximum atomic E-state index is 13.7. The molecular formula is C15H18FNO3. The van der Waals surface area contributed by atoms with E-state index in [9.17, 15) is 14.0 Å². The molecule has 1 saturated heterocycles. The minimum absolute atomic E-state index is 0.247. The third-order valence-corrected chi connectivity index (χ3v) is 3.68. The summed E-state index contributed by atoms with van der Waals surface area (Å²) < 4.78 is 18.4. The van der Waals surface area contributed by atoms with E-state index in [1.807, 2.05) is 12.1 Å². The number of carbonyl (C=O) groups excluding carboxylic acids is 2. The number of ether oxygens (including phenoxy) is 1. The SMILES string of the molecule is COC(=O)c1ccc(CN2CCC(F)(C=O)CC2)cc1. The molecule has 0 spiro atoms. The lowest BCUT2D eigenvalue weighted by molar-refractivity contribution is -0.120. The fourth-order valence-electron chi connectivity index (χ4n) is 2.32. The molecule has 0 aliphatic carbocycles. The number of methoxy groups -OCH3 is 1. The minimum atomic E-state index is -1.65. The van der Waals surface area contributed by atoms with Gasteiger partial charge in [0.2, 0.25) is 0 Å². The van der Waals surface area contributed by atoms with Crippen molar-refractivity contribution in [1.82, 2.24) is 4.90 Å². The first-order valence-corrected chi connectivity index (χ1v) is 6.61. The fourth-order valence-corrected chi connectivity index (χ4v) is 2.32. The van der Waals surface area contributed by atoms with E-state index in [4.69, 9.17) is 0 Å².